The molecule has 1 atom stereocenters. The first-order valence-electron chi connectivity index (χ1n) is 5.22. The van der Waals surface area contributed by atoms with E-state index in [2.05, 4.69) is 4.90 Å². The summed E-state index contributed by atoms with van der Waals surface area (Å²) in [4.78, 5) is 13.0. The molecule has 0 saturated carbocycles. The number of carbonyl (C=O) groups is 1. The van der Waals surface area contributed by atoms with E-state index >= 15 is 0 Å². The van der Waals surface area contributed by atoms with E-state index < -0.39 is 5.97 Å². The summed E-state index contributed by atoms with van der Waals surface area (Å²) < 4.78 is 4.99. The van der Waals surface area contributed by atoms with Gasteiger partial charge in [-0.15, -0.1) is 0 Å². The molecule has 4 nitrogen and oxygen atoms in total. The Morgan fingerprint density at radius 1 is 1.67 bits per heavy atom. The number of furan rings is 1. The van der Waals surface area contributed by atoms with Crippen LogP contribution in [0.2, 0.25) is 0 Å². The van der Waals surface area contributed by atoms with Gasteiger partial charge < -0.3 is 9.52 Å². The molecule has 82 valence electrons. The van der Waals surface area contributed by atoms with Crippen molar-refractivity contribution < 1.29 is 14.3 Å². The first-order chi connectivity index (χ1) is 7.25. The molecule has 0 aromatic carbocycles. The lowest BCUT2D eigenvalue weighted by Gasteiger charge is -2.30. The molecular formula is C11H15NO3. The summed E-state index contributed by atoms with van der Waals surface area (Å²) in [7, 11) is 0. The summed E-state index contributed by atoms with van der Waals surface area (Å²) in [5, 5.41) is 8.94. The van der Waals surface area contributed by atoms with Crippen LogP contribution in [0.25, 0.3) is 0 Å². The molecular weight excluding hydrogens is 194 g/mol. The van der Waals surface area contributed by atoms with Crippen molar-refractivity contribution in [1.29, 1.82) is 0 Å². The number of nitrogens with zero attached hydrogens (tertiary/aromatic N) is 1. The summed E-state index contributed by atoms with van der Waals surface area (Å²) >= 11 is 0. The van der Waals surface area contributed by atoms with Crippen LogP contribution < -0.4 is 0 Å². The Hall–Kier alpha value is -1.29. The van der Waals surface area contributed by atoms with Crippen molar-refractivity contribution in [1.82, 2.24) is 4.90 Å². The highest BCUT2D eigenvalue weighted by Gasteiger charge is 2.25. The quantitative estimate of drug-likeness (QED) is 0.821. The third kappa shape index (κ3) is 2.59. The molecule has 2 rings (SSSR count). The van der Waals surface area contributed by atoms with Gasteiger partial charge in [0.2, 0.25) is 0 Å². The van der Waals surface area contributed by atoms with Gasteiger partial charge >= 0.3 is 5.97 Å². The number of aliphatic carboxylic acids is 1. The molecule has 1 saturated heterocycles. The number of carboxylic acids is 1. The van der Waals surface area contributed by atoms with E-state index in [1.165, 1.54) is 0 Å². The van der Waals surface area contributed by atoms with Crippen LogP contribution in [-0.4, -0.2) is 29.1 Å². The predicted octanol–water partition coefficient (Wildman–Crippen LogP) is 1.58. The van der Waals surface area contributed by atoms with E-state index in [4.69, 9.17) is 9.52 Å². The van der Waals surface area contributed by atoms with Crippen molar-refractivity contribution in [2.45, 2.75) is 19.4 Å². The molecule has 0 amide bonds. The number of carboxylic acid groups (broad SMARTS) is 1. The zero-order valence-corrected chi connectivity index (χ0v) is 8.56. The highest BCUT2D eigenvalue weighted by atomic mass is 16.4. The number of likely N-dealkylation sites (tertiary alicyclic amines) is 1. The average Bonchev–Trinajstić information content (AvgIpc) is 2.71. The molecule has 4 heteroatoms. The zero-order chi connectivity index (χ0) is 10.7. The highest BCUT2D eigenvalue weighted by molar-refractivity contribution is 5.70. The van der Waals surface area contributed by atoms with E-state index in [-0.39, 0.29) is 5.92 Å². The lowest BCUT2D eigenvalue weighted by molar-refractivity contribution is -0.143. The van der Waals surface area contributed by atoms with Gasteiger partial charge in [0.15, 0.2) is 0 Å². The van der Waals surface area contributed by atoms with Crippen LogP contribution in [0.5, 0.6) is 0 Å². The lowest BCUT2D eigenvalue weighted by Crippen LogP contribution is -2.38. The predicted molar refractivity (Wildman–Crippen MR) is 54.3 cm³/mol. The van der Waals surface area contributed by atoms with Crippen molar-refractivity contribution in [3.63, 3.8) is 0 Å². The summed E-state index contributed by atoms with van der Waals surface area (Å²) in [5.41, 5.74) is 1.11. The normalized spacial score (nSPS) is 22.8. The highest BCUT2D eigenvalue weighted by Crippen LogP contribution is 2.18. The second-order valence-corrected chi connectivity index (χ2v) is 4.04. The fourth-order valence-electron chi connectivity index (χ4n) is 2.04. The van der Waals surface area contributed by atoms with Gasteiger partial charge in [0, 0.05) is 18.7 Å². The first kappa shape index (κ1) is 10.2. The van der Waals surface area contributed by atoms with E-state index in [1.54, 1.807) is 12.5 Å². The monoisotopic (exact) mass is 209 g/mol. The van der Waals surface area contributed by atoms with Gasteiger partial charge in [-0.05, 0) is 25.5 Å². The largest absolute Gasteiger partial charge is 0.481 e. The lowest BCUT2D eigenvalue weighted by atomic mass is 9.98. The third-order valence-corrected chi connectivity index (χ3v) is 2.84. The number of piperidine rings is 1. The van der Waals surface area contributed by atoms with E-state index in [0.29, 0.717) is 6.54 Å². The van der Waals surface area contributed by atoms with Gasteiger partial charge in [-0.3, -0.25) is 9.69 Å². The topological polar surface area (TPSA) is 53.7 Å². The minimum atomic E-state index is -0.674. The van der Waals surface area contributed by atoms with Crippen LogP contribution in [0.4, 0.5) is 0 Å². The van der Waals surface area contributed by atoms with Gasteiger partial charge in [0.1, 0.15) is 0 Å². The molecule has 2 heterocycles. The Morgan fingerprint density at radius 3 is 3.20 bits per heavy atom. The Bertz CT molecular complexity index is 321. The van der Waals surface area contributed by atoms with Crippen LogP contribution in [-0.2, 0) is 11.3 Å². The minimum Gasteiger partial charge on any atom is -0.481 e. The molecule has 1 aromatic rings. The fourth-order valence-corrected chi connectivity index (χ4v) is 2.04. The molecule has 15 heavy (non-hydrogen) atoms. The van der Waals surface area contributed by atoms with Gasteiger partial charge in [0.05, 0.1) is 18.4 Å². The second-order valence-electron chi connectivity index (χ2n) is 4.04. The van der Waals surface area contributed by atoms with Crippen LogP contribution >= 0.6 is 0 Å². The maximum Gasteiger partial charge on any atom is 0.307 e. The van der Waals surface area contributed by atoms with E-state index in [0.717, 1.165) is 31.5 Å². The molecule has 0 spiro atoms. The van der Waals surface area contributed by atoms with Crippen molar-refractivity contribution in [3.8, 4) is 0 Å². The third-order valence-electron chi connectivity index (χ3n) is 2.84. The molecule has 0 bridgehead atoms. The maximum absolute atomic E-state index is 10.9. The van der Waals surface area contributed by atoms with Crippen LogP contribution in [0, 0.1) is 5.92 Å². The van der Waals surface area contributed by atoms with Crippen molar-refractivity contribution in [2.24, 2.45) is 5.92 Å². The summed E-state index contributed by atoms with van der Waals surface area (Å²) in [5.74, 6) is -0.877. The van der Waals surface area contributed by atoms with Crippen molar-refractivity contribution in [2.75, 3.05) is 13.1 Å². The van der Waals surface area contributed by atoms with Gasteiger partial charge in [-0.25, -0.2) is 0 Å². The average molecular weight is 209 g/mol. The van der Waals surface area contributed by atoms with E-state index in [9.17, 15) is 4.79 Å². The van der Waals surface area contributed by atoms with Gasteiger partial charge in [-0.2, -0.15) is 0 Å². The van der Waals surface area contributed by atoms with Crippen LogP contribution in [0.15, 0.2) is 23.0 Å². The number of hydrogen-bond acceptors (Lipinski definition) is 3. The molecule has 1 N–H and O–H groups in total. The van der Waals surface area contributed by atoms with Crippen molar-refractivity contribution >= 4 is 5.97 Å². The summed E-state index contributed by atoms with van der Waals surface area (Å²) in [6.45, 7) is 2.43. The van der Waals surface area contributed by atoms with Gasteiger partial charge in [0.25, 0.3) is 0 Å². The van der Waals surface area contributed by atoms with E-state index in [1.807, 2.05) is 6.07 Å². The molecule has 0 aliphatic carbocycles. The summed E-state index contributed by atoms with van der Waals surface area (Å²) in [6.07, 6.45) is 5.13. The Balaban J connectivity index is 1.90. The second kappa shape index (κ2) is 4.49. The number of hydrogen-bond donors (Lipinski definition) is 1. The molecule has 1 aromatic heterocycles. The van der Waals surface area contributed by atoms with Crippen molar-refractivity contribution in [3.05, 3.63) is 24.2 Å². The molecule has 0 radical (unpaired) electrons. The molecule has 1 fully saturated rings. The minimum absolute atomic E-state index is 0.203. The van der Waals surface area contributed by atoms with Crippen LogP contribution in [0.1, 0.15) is 18.4 Å². The first-order valence-corrected chi connectivity index (χ1v) is 5.22. The maximum atomic E-state index is 10.9. The fraction of sp³-hybridized carbons (Fsp3) is 0.545. The Labute approximate surface area is 88.5 Å². The standard InChI is InChI=1S/C11H15NO3/c13-11(14)10-2-1-4-12(7-10)6-9-3-5-15-8-9/h3,5,8,10H,1-2,4,6-7H2,(H,13,14). The van der Waals surface area contributed by atoms with Crippen LogP contribution in [0.3, 0.4) is 0 Å². The molecule has 1 unspecified atom stereocenters. The summed E-state index contributed by atoms with van der Waals surface area (Å²) in [6, 6.07) is 1.92. The zero-order valence-electron chi connectivity index (χ0n) is 8.56. The molecule has 1 aliphatic heterocycles. The Morgan fingerprint density at radius 2 is 2.53 bits per heavy atom. The smallest absolute Gasteiger partial charge is 0.307 e. The Kier molecular flexibility index (Phi) is 3.06. The number of rotatable bonds is 3. The molecule has 1 aliphatic rings. The SMILES string of the molecule is O=C(O)C1CCCN(Cc2ccoc2)C1. The van der Waals surface area contributed by atoms with Gasteiger partial charge in [-0.1, -0.05) is 0 Å².